The highest BCUT2D eigenvalue weighted by atomic mass is 16.5. The van der Waals surface area contributed by atoms with Gasteiger partial charge >= 0.3 is 5.97 Å². The van der Waals surface area contributed by atoms with Crippen molar-refractivity contribution in [2.75, 3.05) is 34.0 Å². The molecule has 26 heavy (non-hydrogen) atoms. The summed E-state index contributed by atoms with van der Waals surface area (Å²) < 4.78 is 15.0. The van der Waals surface area contributed by atoms with Gasteiger partial charge in [-0.2, -0.15) is 0 Å². The maximum absolute atomic E-state index is 12.5. The van der Waals surface area contributed by atoms with Crippen molar-refractivity contribution >= 4 is 17.8 Å². The minimum atomic E-state index is -0.890. The average molecular weight is 366 g/mol. The second-order valence-electron chi connectivity index (χ2n) is 5.85. The second-order valence-corrected chi connectivity index (χ2v) is 5.85. The molecule has 8 heteroatoms. The summed E-state index contributed by atoms with van der Waals surface area (Å²) in [6.45, 7) is 3.81. The van der Waals surface area contributed by atoms with Crippen molar-refractivity contribution in [1.82, 2.24) is 10.6 Å². The number of rotatable bonds is 10. The van der Waals surface area contributed by atoms with E-state index >= 15 is 0 Å². The minimum absolute atomic E-state index is 0.224. The molecule has 0 saturated carbocycles. The number of hydrogen-bond acceptors (Lipinski definition) is 6. The van der Waals surface area contributed by atoms with Gasteiger partial charge in [-0.15, -0.1) is 0 Å². The third-order valence-electron chi connectivity index (χ3n) is 3.53. The van der Waals surface area contributed by atoms with E-state index in [1.54, 1.807) is 38.1 Å². The van der Waals surface area contributed by atoms with Crippen LogP contribution >= 0.6 is 0 Å². The molecule has 0 aliphatic carbocycles. The molecule has 0 fully saturated rings. The predicted molar refractivity (Wildman–Crippen MR) is 94.9 cm³/mol. The Balaban J connectivity index is 2.66. The fraction of sp³-hybridized carbons (Fsp3) is 0.500. The molecule has 1 rings (SSSR count). The zero-order valence-corrected chi connectivity index (χ0v) is 15.5. The Kier molecular flexibility index (Phi) is 9.14. The van der Waals surface area contributed by atoms with Gasteiger partial charge in [0.05, 0.1) is 19.3 Å². The van der Waals surface area contributed by atoms with Gasteiger partial charge in [-0.3, -0.25) is 9.59 Å². The molecule has 1 aromatic carbocycles. The molecule has 144 valence electrons. The SMILES string of the molecule is COCCNC(=O)COC(=O)[C@@H](NC(=O)c1ccccc1OC)C(C)C. The fourth-order valence-corrected chi connectivity index (χ4v) is 2.12. The van der Waals surface area contributed by atoms with Crippen molar-refractivity contribution in [2.24, 2.45) is 5.92 Å². The molecule has 0 aliphatic heterocycles. The number of carbonyl (C=O) groups is 3. The van der Waals surface area contributed by atoms with Gasteiger partial charge in [-0.1, -0.05) is 26.0 Å². The van der Waals surface area contributed by atoms with Crippen LogP contribution in [-0.2, 0) is 19.1 Å². The zero-order valence-electron chi connectivity index (χ0n) is 15.5. The number of hydrogen-bond donors (Lipinski definition) is 2. The molecule has 0 bridgehead atoms. The van der Waals surface area contributed by atoms with Crippen molar-refractivity contribution in [3.05, 3.63) is 29.8 Å². The predicted octanol–water partition coefficient (Wildman–Crippen LogP) is 0.755. The molecule has 1 aromatic rings. The summed E-state index contributed by atoms with van der Waals surface area (Å²) in [4.78, 5) is 36.3. The van der Waals surface area contributed by atoms with E-state index < -0.39 is 30.4 Å². The Morgan fingerprint density at radius 1 is 1.12 bits per heavy atom. The van der Waals surface area contributed by atoms with Crippen LogP contribution in [0.5, 0.6) is 5.75 Å². The lowest BCUT2D eigenvalue weighted by molar-refractivity contribution is -0.151. The molecule has 0 heterocycles. The van der Waals surface area contributed by atoms with Crippen molar-refractivity contribution in [3.8, 4) is 5.75 Å². The van der Waals surface area contributed by atoms with E-state index in [2.05, 4.69) is 10.6 Å². The van der Waals surface area contributed by atoms with Crippen molar-refractivity contribution in [1.29, 1.82) is 0 Å². The number of methoxy groups -OCH3 is 2. The molecule has 0 unspecified atom stereocenters. The first-order valence-electron chi connectivity index (χ1n) is 8.26. The first-order valence-corrected chi connectivity index (χ1v) is 8.26. The van der Waals surface area contributed by atoms with Crippen molar-refractivity contribution < 1.29 is 28.6 Å². The first kappa shape index (κ1) is 21.4. The van der Waals surface area contributed by atoms with Crippen LogP contribution in [0.2, 0.25) is 0 Å². The van der Waals surface area contributed by atoms with Crippen LogP contribution in [0.3, 0.4) is 0 Å². The highest BCUT2D eigenvalue weighted by molar-refractivity contribution is 5.99. The summed E-state index contributed by atoms with van der Waals surface area (Å²) in [6.07, 6.45) is 0. The van der Waals surface area contributed by atoms with E-state index in [9.17, 15) is 14.4 Å². The number of esters is 1. The quantitative estimate of drug-likeness (QED) is 0.468. The third kappa shape index (κ3) is 6.72. The van der Waals surface area contributed by atoms with Crippen LogP contribution < -0.4 is 15.4 Å². The number of amides is 2. The lowest BCUT2D eigenvalue weighted by atomic mass is 10.0. The van der Waals surface area contributed by atoms with Crippen molar-refractivity contribution in [3.63, 3.8) is 0 Å². The van der Waals surface area contributed by atoms with Crippen LogP contribution in [0, 0.1) is 5.92 Å². The van der Waals surface area contributed by atoms with E-state index in [0.29, 0.717) is 24.5 Å². The highest BCUT2D eigenvalue weighted by Crippen LogP contribution is 2.17. The number of nitrogens with one attached hydrogen (secondary N) is 2. The normalized spacial score (nSPS) is 11.6. The third-order valence-corrected chi connectivity index (χ3v) is 3.53. The number of para-hydroxylation sites is 1. The molecular weight excluding hydrogens is 340 g/mol. The molecule has 2 amide bonds. The van der Waals surface area contributed by atoms with Gasteiger partial charge in [-0.25, -0.2) is 4.79 Å². The molecular formula is C18H26N2O6. The van der Waals surface area contributed by atoms with Gasteiger partial charge < -0.3 is 24.8 Å². The van der Waals surface area contributed by atoms with Crippen LogP contribution in [0.4, 0.5) is 0 Å². The molecule has 1 atom stereocenters. The molecule has 0 aliphatic rings. The summed E-state index contributed by atoms with van der Waals surface area (Å²) >= 11 is 0. The Bertz CT molecular complexity index is 617. The standard InChI is InChI=1S/C18H26N2O6/c1-12(2)16(18(23)26-11-15(21)19-9-10-24-3)20-17(22)13-7-5-6-8-14(13)25-4/h5-8,12,16H,9-11H2,1-4H3,(H,19,21)(H,20,22)/t16-/m0/s1. The average Bonchev–Trinajstić information content (AvgIpc) is 2.63. The summed E-state index contributed by atoms with van der Waals surface area (Å²) in [5.74, 6) is -1.39. The maximum Gasteiger partial charge on any atom is 0.329 e. The lowest BCUT2D eigenvalue weighted by Gasteiger charge is -2.21. The van der Waals surface area contributed by atoms with E-state index in [1.807, 2.05) is 0 Å². The topological polar surface area (TPSA) is 103 Å². The second kappa shape index (κ2) is 11.1. The fourth-order valence-electron chi connectivity index (χ4n) is 2.12. The van der Waals surface area contributed by atoms with Gasteiger partial charge in [0.1, 0.15) is 11.8 Å². The zero-order chi connectivity index (χ0) is 19.5. The Morgan fingerprint density at radius 3 is 2.42 bits per heavy atom. The van der Waals surface area contributed by atoms with Crippen LogP contribution in [-0.4, -0.2) is 57.8 Å². The lowest BCUT2D eigenvalue weighted by Crippen LogP contribution is -2.46. The van der Waals surface area contributed by atoms with Gasteiger partial charge in [0.15, 0.2) is 6.61 Å². The Hall–Kier alpha value is -2.61. The molecule has 8 nitrogen and oxygen atoms in total. The minimum Gasteiger partial charge on any atom is -0.496 e. The largest absolute Gasteiger partial charge is 0.496 e. The highest BCUT2D eigenvalue weighted by Gasteiger charge is 2.27. The van der Waals surface area contributed by atoms with E-state index in [0.717, 1.165) is 0 Å². The molecule has 0 aromatic heterocycles. The number of ether oxygens (including phenoxy) is 3. The van der Waals surface area contributed by atoms with E-state index in [4.69, 9.17) is 14.2 Å². The van der Waals surface area contributed by atoms with Crippen LogP contribution in [0.15, 0.2) is 24.3 Å². The molecule has 2 N–H and O–H groups in total. The van der Waals surface area contributed by atoms with Gasteiger partial charge in [0, 0.05) is 13.7 Å². The Labute approximate surface area is 153 Å². The molecule has 0 spiro atoms. The summed E-state index contributed by atoms with van der Waals surface area (Å²) in [7, 11) is 2.98. The van der Waals surface area contributed by atoms with Crippen LogP contribution in [0.25, 0.3) is 0 Å². The monoisotopic (exact) mass is 366 g/mol. The summed E-state index contributed by atoms with van der Waals surface area (Å²) in [5, 5.41) is 5.18. The van der Waals surface area contributed by atoms with Crippen molar-refractivity contribution in [2.45, 2.75) is 19.9 Å². The summed E-state index contributed by atoms with van der Waals surface area (Å²) in [5.41, 5.74) is 0.311. The van der Waals surface area contributed by atoms with E-state index in [-0.39, 0.29) is 5.92 Å². The number of carbonyl (C=O) groups excluding carboxylic acids is 3. The smallest absolute Gasteiger partial charge is 0.329 e. The number of benzene rings is 1. The van der Waals surface area contributed by atoms with E-state index in [1.165, 1.54) is 14.2 Å². The van der Waals surface area contributed by atoms with Gasteiger partial charge in [0.25, 0.3) is 11.8 Å². The first-order chi connectivity index (χ1) is 12.4. The van der Waals surface area contributed by atoms with Gasteiger partial charge in [-0.05, 0) is 18.1 Å². The molecule has 0 saturated heterocycles. The molecule has 0 radical (unpaired) electrons. The summed E-state index contributed by atoms with van der Waals surface area (Å²) in [6, 6.07) is 5.80. The maximum atomic E-state index is 12.5. The van der Waals surface area contributed by atoms with Crippen LogP contribution in [0.1, 0.15) is 24.2 Å². The Morgan fingerprint density at radius 2 is 1.81 bits per heavy atom. The van der Waals surface area contributed by atoms with Gasteiger partial charge in [0.2, 0.25) is 0 Å².